The molecule has 1 aromatic carbocycles. The van der Waals surface area contributed by atoms with Gasteiger partial charge in [-0.3, -0.25) is 0 Å². The fraction of sp³-hybridized carbons (Fsp3) is 0.429. The van der Waals surface area contributed by atoms with E-state index in [0.717, 1.165) is 6.07 Å². The maximum absolute atomic E-state index is 13.0. The highest BCUT2D eigenvalue weighted by atomic mass is 32.5. The zero-order valence-electron chi connectivity index (χ0n) is 12.7. The van der Waals surface area contributed by atoms with Crippen LogP contribution in [0.4, 0.5) is 19.4 Å². The molecule has 0 saturated carbocycles. The predicted octanol–water partition coefficient (Wildman–Crippen LogP) is 5.95. The first kappa shape index (κ1) is 16.9. The molecule has 0 radical (unpaired) electrons. The normalized spacial score (nSPS) is 16.4. The second kappa shape index (κ2) is 4.10. The second-order valence-corrected chi connectivity index (χ2v) is 8.96. The number of fused-ring (bicyclic) bond motifs is 1. The summed E-state index contributed by atoms with van der Waals surface area (Å²) in [6, 6.07) is 1.94. The predicted molar refractivity (Wildman–Crippen MR) is 79.0 cm³/mol. The minimum absolute atomic E-state index is 0.127. The fourth-order valence-corrected chi connectivity index (χ4v) is 3.01. The Kier molecular flexibility index (Phi) is 3.15. The average molecular weight is 343 g/mol. The van der Waals surface area contributed by atoms with E-state index in [-0.39, 0.29) is 10.8 Å². The number of benzene rings is 1. The van der Waals surface area contributed by atoms with E-state index >= 15 is 0 Å². The Labute approximate surface area is 125 Å². The van der Waals surface area contributed by atoms with Gasteiger partial charge in [0, 0.05) is 11.6 Å². The van der Waals surface area contributed by atoms with Crippen molar-refractivity contribution in [2.75, 3.05) is 7.11 Å². The summed E-state index contributed by atoms with van der Waals surface area (Å²) in [4.78, 5) is 3.18. The standard InChI is InChI=1S/C14H18F5NOS/c1-14(2,3)8-10-9-20(21-4)13-6-5-11(7-12(10)13)22(15,16,17,18)19/h5-7,9H,8H2,1-4H3. The van der Waals surface area contributed by atoms with Crippen LogP contribution in [0.1, 0.15) is 26.3 Å². The third-order valence-corrected chi connectivity index (χ3v) is 4.33. The maximum Gasteiger partial charge on any atom is 0.310 e. The molecule has 2 nitrogen and oxygen atoms in total. The van der Waals surface area contributed by atoms with Gasteiger partial charge in [-0.15, -0.1) is 0 Å². The number of aromatic nitrogens is 1. The summed E-state index contributed by atoms with van der Waals surface area (Å²) in [7, 11) is -8.34. The molecule has 0 saturated heterocycles. The lowest BCUT2D eigenvalue weighted by Crippen LogP contribution is -2.09. The van der Waals surface area contributed by atoms with E-state index in [1.54, 1.807) is 0 Å². The molecule has 0 N–H and O–H groups in total. The monoisotopic (exact) mass is 343 g/mol. The Morgan fingerprint density at radius 1 is 1.09 bits per heavy atom. The summed E-state index contributed by atoms with van der Waals surface area (Å²) in [5, 5.41) is 0.127. The van der Waals surface area contributed by atoms with Crippen LogP contribution >= 0.6 is 10.2 Å². The summed E-state index contributed by atoms with van der Waals surface area (Å²) in [6.07, 6.45) is 1.97. The molecule has 1 heterocycles. The summed E-state index contributed by atoms with van der Waals surface area (Å²) in [5.41, 5.74) is 0.651. The maximum atomic E-state index is 13.0. The van der Waals surface area contributed by atoms with E-state index < -0.39 is 15.1 Å². The average Bonchev–Trinajstić information content (AvgIpc) is 2.62. The van der Waals surface area contributed by atoms with Crippen LogP contribution < -0.4 is 4.84 Å². The zero-order chi connectivity index (χ0) is 17.0. The quantitative estimate of drug-likeness (QED) is 0.629. The molecule has 0 amide bonds. The first-order chi connectivity index (χ1) is 9.60. The molecule has 0 atom stereocenters. The van der Waals surface area contributed by atoms with Crippen LogP contribution in [0.15, 0.2) is 29.3 Å². The van der Waals surface area contributed by atoms with Crippen molar-refractivity contribution in [3.63, 3.8) is 0 Å². The van der Waals surface area contributed by atoms with Crippen molar-refractivity contribution in [3.05, 3.63) is 30.0 Å². The summed E-state index contributed by atoms with van der Waals surface area (Å²) in [5.74, 6) is 0. The Balaban J connectivity index is 2.73. The number of hydrogen-bond donors (Lipinski definition) is 0. The van der Waals surface area contributed by atoms with E-state index in [1.807, 2.05) is 20.8 Å². The largest absolute Gasteiger partial charge is 0.417 e. The van der Waals surface area contributed by atoms with E-state index in [2.05, 4.69) is 0 Å². The number of hydrogen-bond acceptors (Lipinski definition) is 1. The Morgan fingerprint density at radius 3 is 2.14 bits per heavy atom. The van der Waals surface area contributed by atoms with Crippen LogP contribution in [0.3, 0.4) is 0 Å². The minimum Gasteiger partial charge on any atom is -0.417 e. The third-order valence-electron chi connectivity index (χ3n) is 3.19. The van der Waals surface area contributed by atoms with Gasteiger partial charge in [-0.05, 0) is 35.6 Å². The molecule has 1 aromatic heterocycles. The van der Waals surface area contributed by atoms with E-state index in [4.69, 9.17) is 4.84 Å². The van der Waals surface area contributed by atoms with E-state index in [0.29, 0.717) is 29.6 Å². The Bertz CT molecular complexity index is 728. The molecule has 2 rings (SSSR count). The van der Waals surface area contributed by atoms with Gasteiger partial charge >= 0.3 is 10.2 Å². The third kappa shape index (κ3) is 3.48. The van der Waals surface area contributed by atoms with Gasteiger partial charge in [-0.25, -0.2) is 0 Å². The van der Waals surface area contributed by atoms with Gasteiger partial charge in [0.15, 0.2) is 0 Å². The van der Waals surface area contributed by atoms with Gasteiger partial charge in [-0.2, -0.15) is 4.73 Å². The highest BCUT2D eigenvalue weighted by Crippen LogP contribution is 3.02. The van der Waals surface area contributed by atoms with Crippen LogP contribution in [0.25, 0.3) is 10.9 Å². The van der Waals surface area contributed by atoms with Gasteiger partial charge in [0.25, 0.3) is 0 Å². The fourth-order valence-electron chi connectivity index (χ4n) is 2.35. The van der Waals surface area contributed by atoms with Gasteiger partial charge in [0.05, 0.1) is 5.52 Å². The van der Waals surface area contributed by atoms with Crippen LogP contribution in [-0.4, -0.2) is 11.8 Å². The lowest BCUT2D eigenvalue weighted by molar-refractivity contribution is 0.178. The SMILES string of the molecule is COn1cc(CC(C)(C)C)c2cc(S(F)(F)(F)(F)F)ccc21. The smallest absolute Gasteiger partial charge is 0.310 e. The number of nitrogens with zero attached hydrogens (tertiary/aromatic N) is 1. The first-order valence-corrected chi connectivity index (χ1v) is 8.48. The Hall–Kier alpha value is -1.44. The summed E-state index contributed by atoms with van der Waals surface area (Å²) in [6.45, 7) is 5.74. The van der Waals surface area contributed by atoms with Crippen molar-refractivity contribution in [2.45, 2.75) is 32.1 Å². The van der Waals surface area contributed by atoms with Gasteiger partial charge in [-0.1, -0.05) is 40.2 Å². The zero-order valence-corrected chi connectivity index (χ0v) is 13.5. The summed E-state index contributed by atoms with van der Waals surface area (Å²) < 4.78 is 66.3. The molecule has 0 aliphatic heterocycles. The molecule has 0 fully saturated rings. The molecule has 0 unspecified atom stereocenters. The molecular formula is C14H18F5NOS. The van der Waals surface area contributed by atoms with Crippen molar-refractivity contribution in [1.82, 2.24) is 4.73 Å². The molecule has 0 aliphatic carbocycles. The number of rotatable bonds is 3. The molecule has 0 aliphatic rings. The Morgan fingerprint density at radius 2 is 1.68 bits per heavy atom. The van der Waals surface area contributed by atoms with Gasteiger partial charge in [0.1, 0.15) is 12.0 Å². The van der Waals surface area contributed by atoms with Crippen LogP contribution in [0.2, 0.25) is 0 Å². The highest BCUT2D eigenvalue weighted by molar-refractivity contribution is 8.45. The first-order valence-electron chi connectivity index (χ1n) is 6.53. The molecule has 22 heavy (non-hydrogen) atoms. The van der Waals surface area contributed by atoms with Crippen LogP contribution in [0.5, 0.6) is 0 Å². The van der Waals surface area contributed by atoms with Crippen molar-refractivity contribution >= 4 is 21.1 Å². The second-order valence-electron chi connectivity index (χ2n) is 6.55. The highest BCUT2D eigenvalue weighted by Gasteiger charge is 2.65. The minimum atomic E-state index is -9.70. The molecule has 126 valence electrons. The molecule has 2 aromatic rings. The van der Waals surface area contributed by atoms with E-state index in [1.165, 1.54) is 18.0 Å². The van der Waals surface area contributed by atoms with Crippen molar-refractivity contribution in [2.24, 2.45) is 5.41 Å². The van der Waals surface area contributed by atoms with Crippen molar-refractivity contribution in [1.29, 1.82) is 0 Å². The number of halogens is 5. The van der Waals surface area contributed by atoms with Gasteiger partial charge in [0.2, 0.25) is 0 Å². The molecule has 0 bridgehead atoms. The lowest BCUT2D eigenvalue weighted by Gasteiger charge is -2.40. The topological polar surface area (TPSA) is 14.2 Å². The molecule has 8 heteroatoms. The van der Waals surface area contributed by atoms with Crippen LogP contribution in [0, 0.1) is 5.41 Å². The summed E-state index contributed by atoms with van der Waals surface area (Å²) >= 11 is 0. The van der Waals surface area contributed by atoms with Crippen molar-refractivity contribution in [3.8, 4) is 0 Å². The van der Waals surface area contributed by atoms with Crippen LogP contribution in [-0.2, 0) is 6.42 Å². The molecular weight excluding hydrogens is 325 g/mol. The lowest BCUT2D eigenvalue weighted by atomic mass is 9.88. The van der Waals surface area contributed by atoms with Gasteiger partial charge < -0.3 is 4.84 Å². The van der Waals surface area contributed by atoms with E-state index in [9.17, 15) is 19.4 Å². The molecule has 0 spiro atoms. The van der Waals surface area contributed by atoms with Crippen molar-refractivity contribution < 1.29 is 24.3 Å².